The highest BCUT2D eigenvalue weighted by Crippen LogP contribution is 2.29. The van der Waals surface area contributed by atoms with Crippen molar-refractivity contribution < 1.29 is 9.53 Å². The molecule has 0 saturated carbocycles. The number of piperidine rings is 1. The third-order valence-corrected chi connectivity index (χ3v) is 5.60. The molecule has 4 nitrogen and oxygen atoms in total. The van der Waals surface area contributed by atoms with Gasteiger partial charge in [0.15, 0.2) is 0 Å². The van der Waals surface area contributed by atoms with Gasteiger partial charge in [0, 0.05) is 34.5 Å². The lowest BCUT2D eigenvalue weighted by molar-refractivity contribution is 0.0944. The van der Waals surface area contributed by atoms with Gasteiger partial charge in [0.1, 0.15) is 0 Å². The molecule has 2 heterocycles. The van der Waals surface area contributed by atoms with Crippen LogP contribution in [0.25, 0.3) is 0 Å². The van der Waals surface area contributed by atoms with E-state index in [4.69, 9.17) is 4.74 Å². The molecular weight excluding hydrogens is 340 g/mol. The molecule has 1 unspecified atom stereocenters. The Labute approximate surface area is 132 Å². The molecule has 1 N–H and O–H groups in total. The van der Waals surface area contributed by atoms with Crippen molar-refractivity contribution in [1.82, 2.24) is 10.2 Å². The van der Waals surface area contributed by atoms with Crippen LogP contribution in [0.2, 0.25) is 0 Å². The van der Waals surface area contributed by atoms with E-state index in [2.05, 4.69) is 39.6 Å². The first-order valence-corrected chi connectivity index (χ1v) is 8.69. The van der Waals surface area contributed by atoms with Crippen molar-refractivity contribution in [2.75, 3.05) is 19.7 Å². The molecule has 0 radical (unpaired) electrons. The van der Waals surface area contributed by atoms with E-state index < -0.39 is 0 Å². The molecule has 1 aliphatic heterocycles. The number of nitrogens with zero attached hydrogens (tertiary/aromatic N) is 1. The number of nitrogens with one attached hydrogen (secondary N) is 1. The van der Waals surface area contributed by atoms with Crippen molar-refractivity contribution in [3.05, 3.63) is 20.8 Å². The van der Waals surface area contributed by atoms with Crippen molar-refractivity contribution in [3.63, 3.8) is 0 Å². The molecular formula is C14H21BrN2O2S. The Morgan fingerprint density at radius 1 is 1.60 bits per heavy atom. The van der Waals surface area contributed by atoms with Crippen LogP contribution in [0.5, 0.6) is 0 Å². The Morgan fingerprint density at radius 2 is 2.30 bits per heavy atom. The van der Waals surface area contributed by atoms with E-state index in [0.717, 1.165) is 25.9 Å². The lowest BCUT2D eigenvalue weighted by Gasteiger charge is -2.33. The molecule has 1 atom stereocenters. The van der Waals surface area contributed by atoms with Crippen LogP contribution in [-0.2, 0) is 4.74 Å². The smallest absolute Gasteiger partial charge is 0.409 e. The Morgan fingerprint density at radius 3 is 2.85 bits per heavy atom. The zero-order chi connectivity index (χ0) is 14.5. The Hall–Kier alpha value is -0.590. The van der Waals surface area contributed by atoms with Gasteiger partial charge in [0.05, 0.1) is 6.61 Å². The third kappa shape index (κ3) is 3.96. The minimum absolute atomic E-state index is 0.181. The maximum Gasteiger partial charge on any atom is 0.409 e. The first-order valence-electron chi connectivity index (χ1n) is 7.02. The van der Waals surface area contributed by atoms with Crippen LogP contribution in [0.4, 0.5) is 4.79 Å². The highest BCUT2D eigenvalue weighted by atomic mass is 79.9. The van der Waals surface area contributed by atoms with Crippen molar-refractivity contribution in [2.24, 2.45) is 0 Å². The summed E-state index contributed by atoms with van der Waals surface area (Å²) in [6, 6.07) is 2.88. The lowest BCUT2D eigenvalue weighted by Crippen LogP contribution is -2.45. The summed E-state index contributed by atoms with van der Waals surface area (Å²) in [6.07, 6.45) is 1.78. The number of hydrogen-bond donors (Lipinski definition) is 1. The fourth-order valence-electron chi connectivity index (χ4n) is 2.49. The second kappa shape index (κ2) is 7.43. The first-order chi connectivity index (χ1) is 9.61. The number of thiophene rings is 1. The van der Waals surface area contributed by atoms with Gasteiger partial charge in [-0.3, -0.25) is 0 Å². The summed E-state index contributed by atoms with van der Waals surface area (Å²) >= 11 is 5.34. The summed E-state index contributed by atoms with van der Waals surface area (Å²) in [4.78, 5) is 14.8. The van der Waals surface area contributed by atoms with Crippen LogP contribution in [0.15, 0.2) is 15.9 Å². The monoisotopic (exact) mass is 360 g/mol. The molecule has 2 rings (SSSR count). The summed E-state index contributed by atoms with van der Waals surface area (Å²) in [5.74, 6) is 0. The average Bonchev–Trinajstić information content (AvgIpc) is 2.86. The molecule has 1 aliphatic rings. The second-order valence-corrected chi connectivity index (χ2v) is 6.78. The fourth-order valence-corrected chi connectivity index (χ4v) is 4.22. The minimum atomic E-state index is -0.181. The maximum atomic E-state index is 11.6. The van der Waals surface area contributed by atoms with E-state index in [1.807, 2.05) is 6.92 Å². The molecule has 1 saturated heterocycles. The standard InChI is InChI=1S/C14H21BrN2O2S/c1-3-19-14(18)17-7-4-11(5-8-17)16-10(2)13-12(15)6-9-20-13/h6,9-11,16H,3-5,7-8H2,1-2H3. The third-order valence-electron chi connectivity index (χ3n) is 3.54. The van der Waals surface area contributed by atoms with Gasteiger partial charge in [-0.15, -0.1) is 11.3 Å². The quantitative estimate of drug-likeness (QED) is 0.887. The summed E-state index contributed by atoms with van der Waals surface area (Å²) in [6.45, 7) is 6.02. The van der Waals surface area contributed by atoms with Crippen LogP contribution < -0.4 is 5.32 Å². The predicted molar refractivity (Wildman–Crippen MR) is 85.2 cm³/mol. The van der Waals surface area contributed by atoms with Crippen LogP contribution in [0.1, 0.15) is 37.6 Å². The van der Waals surface area contributed by atoms with Crippen LogP contribution in [0.3, 0.4) is 0 Å². The number of rotatable bonds is 4. The Bertz CT molecular complexity index is 444. The molecule has 112 valence electrons. The van der Waals surface area contributed by atoms with Gasteiger partial charge < -0.3 is 15.0 Å². The summed E-state index contributed by atoms with van der Waals surface area (Å²) in [7, 11) is 0. The summed E-state index contributed by atoms with van der Waals surface area (Å²) < 4.78 is 6.21. The van der Waals surface area contributed by atoms with Gasteiger partial charge >= 0.3 is 6.09 Å². The number of ether oxygens (including phenoxy) is 1. The minimum Gasteiger partial charge on any atom is -0.450 e. The highest BCUT2D eigenvalue weighted by Gasteiger charge is 2.25. The highest BCUT2D eigenvalue weighted by molar-refractivity contribution is 9.10. The van der Waals surface area contributed by atoms with Crippen molar-refractivity contribution in [1.29, 1.82) is 0 Å². The molecule has 0 spiro atoms. The molecule has 20 heavy (non-hydrogen) atoms. The van der Waals surface area contributed by atoms with E-state index in [0.29, 0.717) is 18.7 Å². The summed E-state index contributed by atoms with van der Waals surface area (Å²) in [5, 5.41) is 5.75. The van der Waals surface area contributed by atoms with Crippen molar-refractivity contribution in [2.45, 2.75) is 38.8 Å². The molecule has 1 fully saturated rings. The second-order valence-electron chi connectivity index (χ2n) is 4.98. The van der Waals surface area contributed by atoms with Gasteiger partial charge in [-0.25, -0.2) is 4.79 Å². The number of carbonyl (C=O) groups is 1. The zero-order valence-electron chi connectivity index (χ0n) is 11.9. The van der Waals surface area contributed by atoms with E-state index >= 15 is 0 Å². The Kier molecular flexibility index (Phi) is 5.86. The molecule has 0 aromatic carbocycles. The zero-order valence-corrected chi connectivity index (χ0v) is 14.3. The molecule has 0 bridgehead atoms. The number of halogens is 1. The van der Waals surface area contributed by atoms with Crippen molar-refractivity contribution >= 4 is 33.4 Å². The van der Waals surface area contributed by atoms with Gasteiger partial charge in [-0.2, -0.15) is 0 Å². The molecule has 1 aromatic rings. The number of carbonyl (C=O) groups excluding carboxylic acids is 1. The number of hydrogen-bond acceptors (Lipinski definition) is 4. The van der Waals surface area contributed by atoms with Gasteiger partial charge in [-0.1, -0.05) is 0 Å². The summed E-state index contributed by atoms with van der Waals surface area (Å²) in [5.41, 5.74) is 0. The van der Waals surface area contributed by atoms with Gasteiger partial charge in [0.25, 0.3) is 0 Å². The topological polar surface area (TPSA) is 41.6 Å². The predicted octanol–water partition coefficient (Wildman–Crippen LogP) is 3.78. The van der Waals surface area contributed by atoms with E-state index in [1.165, 1.54) is 9.35 Å². The Balaban J connectivity index is 1.80. The largest absolute Gasteiger partial charge is 0.450 e. The van der Waals surface area contributed by atoms with Crippen molar-refractivity contribution in [3.8, 4) is 0 Å². The SMILES string of the molecule is CCOC(=O)N1CCC(NC(C)c2sccc2Br)CC1. The fraction of sp³-hybridized carbons (Fsp3) is 0.643. The van der Waals surface area contributed by atoms with E-state index in [1.54, 1.807) is 16.2 Å². The van der Waals surface area contributed by atoms with E-state index in [-0.39, 0.29) is 6.09 Å². The van der Waals surface area contributed by atoms with Crippen LogP contribution >= 0.6 is 27.3 Å². The van der Waals surface area contributed by atoms with Crippen LogP contribution in [-0.4, -0.2) is 36.7 Å². The van der Waals surface area contributed by atoms with Gasteiger partial charge in [-0.05, 0) is 54.1 Å². The number of likely N-dealkylation sites (tertiary alicyclic amines) is 1. The van der Waals surface area contributed by atoms with Crippen LogP contribution in [0, 0.1) is 0 Å². The lowest BCUT2D eigenvalue weighted by atomic mass is 10.0. The maximum absolute atomic E-state index is 11.6. The molecule has 1 amide bonds. The first kappa shape index (κ1) is 15.8. The molecule has 1 aromatic heterocycles. The number of amides is 1. The molecule has 0 aliphatic carbocycles. The average molecular weight is 361 g/mol. The van der Waals surface area contributed by atoms with Gasteiger partial charge in [0.2, 0.25) is 0 Å². The molecule has 6 heteroatoms. The van der Waals surface area contributed by atoms with E-state index in [9.17, 15) is 4.79 Å². The normalized spacial score (nSPS) is 18.1.